The van der Waals surface area contributed by atoms with Crippen molar-refractivity contribution in [2.45, 2.75) is 0 Å². The minimum Gasteiger partial charge on any atom is -0.456 e. The quantitative estimate of drug-likeness (QED) is 0.158. The van der Waals surface area contributed by atoms with Gasteiger partial charge in [0.25, 0.3) is 0 Å². The van der Waals surface area contributed by atoms with Crippen LogP contribution in [0.1, 0.15) is 0 Å². The molecule has 0 aliphatic heterocycles. The van der Waals surface area contributed by atoms with Crippen molar-refractivity contribution < 1.29 is 4.42 Å². The Morgan fingerprint density at radius 1 is 0.258 bits per heavy atom. The third kappa shape index (κ3) is 5.30. The van der Waals surface area contributed by atoms with Crippen LogP contribution in [0.15, 0.2) is 241 Å². The Hall–Kier alpha value is -8.72. The van der Waals surface area contributed by atoms with Gasteiger partial charge >= 0.3 is 0 Å². The molecule has 0 fully saturated rings. The van der Waals surface area contributed by atoms with E-state index in [-0.39, 0.29) is 0 Å². The summed E-state index contributed by atoms with van der Waals surface area (Å²) in [6, 6.07) is 86.4. The zero-order valence-electron chi connectivity index (χ0n) is 35.9. The van der Waals surface area contributed by atoms with Gasteiger partial charge in [-0.05, 0) is 107 Å². The molecule has 14 aromatic rings. The Balaban J connectivity index is 1.08. The molecule has 0 amide bonds. The Labute approximate surface area is 380 Å². The molecule has 2 heterocycles. The molecular weight excluding hydrogens is 799 g/mol. The number of rotatable bonds is 5. The number of nitrogens with zero attached hydrogens (tertiary/aromatic N) is 1. The minimum atomic E-state index is 0.873. The van der Waals surface area contributed by atoms with Gasteiger partial charge in [0.2, 0.25) is 0 Å². The maximum absolute atomic E-state index is 6.93. The van der Waals surface area contributed by atoms with Crippen molar-refractivity contribution in [2.75, 3.05) is 0 Å². The van der Waals surface area contributed by atoms with Crippen LogP contribution >= 0.6 is 0 Å². The average Bonchev–Trinajstić information content (AvgIpc) is 3.94. The molecule has 2 aromatic heterocycles. The fourth-order valence-corrected chi connectivity index (χ4v) is 11.3. The van der Waals surface area contributed by atoms with Crippen molar-refractivity contribution in [3.63, 3.8) is 0 Å². The summed E-state index contributed by atoms with van der Waals surface area (Å²) in [6.07, 6.45) is 0. The van der Waals surface area contributed by atoms with E-state index in [4.69, 9.17) is 4.42 Å². The largest absolute Gasteiger partial charge is 0.456 e. The number of para-hydroxylation sites is 1. The molecule has 0 atom stereocenters. The zero-order chi connectivity index (χ0) is 43.3. The van der Waals surface area contributed by atoms with Crippen LogP contribution < -0.4 is 0 Å². The van der Waals surface area contributed by atoms with Crippen molar-refractivity contribution in [3.8, 4) is 50.2 Å². The van der Waals surface area contributed by atoms with Crippen LogP contribution in [0.2, 0.25) is 0 Å². The first-order valence-corrected chi connectivity index (χ1v) is 22.8. The van der Waals surface area contributed by atoms with Gasteiger partial charge in [0.15, 0.2) is 0 Å². The van der Waals surface area contributed by atoms with Crippen LogP contribution in [-0.2, 0) is 0 Å². The maximum Gasteiger partial charge on any atom is 0.136 e. The number of hydrogen-bond donors (Lipinski definition) is 0. The first-order valence-electron chi connectivity index (χ1n) is 22.8. The van der Waals surface area contributed by atoms with Gasteiger partial charge in [0, 0.05) is 32.3 Å². The van der Waals surface area contributed by atoms with Crippen LogP contribution in [-0.4, -0.2) is 4.57 Å². The Bertz CT molecular complexity index is 4160. The van der Waals surface area contributed by atoms with Gasteiger partial charge in [-0.1, -0.05) is 206 Å². The fraction of sp³-hybridized carbons (Fsp3) is 0. The molecule has 66 heavy (non-hydrogen) atoms. The van der Waals surface area contributed by atoms with Crippen LogP contribution in [0.3, 0.4) is 0 Å². The molecule has 12 aromatic carbocycles. The molecule has 2 heteroatoms. The highest BCUT2D eigenvalue weighted by molar-refractivity contribution is 6.30. The molecule has 14 rings (SSSR count). The summed E-state index contributed by atoms with van der Waals surface area (Å²) in [7, 11) is 0. The van der Waals surface area contributed by atoms with E-state index in [0.717, 1.165) is 33.1 Å². The average molecular weight is 838 g/mol. The van der Waals surface area contributed by atoms with Gasteiger partial charge in [0.1, 0.15) is 11.2 Å². The van der Waals surface area contributed by atoms with Gasteiger partial charge in [-0.2, -0.15) is 0 Å². The van der Waals surface area contributed by atoms with Crippen LogP contribution in [0.5, 0.6) is 0 Å². The summed E-state index contributed by atoms with van der Waals surface area (Å²) in [5, 5.41) is 14.4. The second kappa shape index (κ2) is 14.4. The predicted octanol–water partition coefficient (Wildman–Crippen LogP) is 18.0. The number of benzene rings is 12. The van der Waals surface area contributed by atoms with Crippen LogP contribution in [0.4, 0.5) is 0 Å². The van der Waals surface area contributed by atoms with Gasteiger partial charge in [-0.15, -0.1) is 0 Å². The summed E-state index contributed by atoms with van der Waals surface area (Å²) < 4.78 is 9.44. The standard InChI is InChI=1S/C64H39NO/c1-3-19-40(20-4-1)42-37-38-56-54(39-42)43-23-15-16-34-55(43)65(56)64-50-30-13-11-28-48(50)61(49-29-12-14-31-51(49)64)53-33-18-36-58-63(53)62-52(32-17-35-57(62)66-58)60-46-26-9-7-24-44(46)59(41-21-5-2-6-22-41)45-25-8-10-27-47(45)60/h1-39H. The molecule has 0 saturated carbocycles. The summed E-state index contributed by atoms with van der Waals surface area (Å²) in [5.74, 6) is 0. The molecule has 0 bridgehead atoms. The molecule has 0 N–H and O–H groups in total. The first kappa shape index (κ1) is 36.7. The number of fused-ring (bicyclic) bond motifs is 10. The van der Waals surface area contributed by atoms with E-state index in [1.165, 1.54) is 104 Å². The molecule has 0 radical (unpaired) electrons. The van der Waals surface area contributed by atoms with Crippen molar-refractivity contribution in [1.29, 1.82) is 0 Å². The maximum atomic E-state index is 6.93. The lowest BCUT2D eigenvalue weighted by atomic mass is 9.84. The van der Waals surface area contributed by atoms with E-state index in [9.17, 15) is 0 Å². The van der Waals surface area contributed by atoms with Gasteiger partial charge < -0.3 is 8.98 Å². The summed E-state index contributed by atoms with van der Waals surface area (Å²) in [4.78, 5) is 0. The Morgan fingerprint density at radius 2 is 0.667 bits per heavy atom. The SMILES string of the molecule is c1ccc(-c2ccc3c(c2)c2ccccc2n3-c2c3ccccc3c(-c3cccc4oc5cccc(-c6c7ccccc7c(-c7ccccc7)c7ccccc67)c5c34)c3ccccc23)cc1. The lowest BCUT2D eigenvalue weighted by molar-refractivity contribution is 0.669. The molecule has 306 valence electrons. The van der Waals surface area contributed by atoms with Gasteiger partial charge in [-0.3, -0.25) is 0 Å². The minimum absolute atomic E-state index is 0.873. The summed E-state index contributed by atoms with van der Waals surface area (Å²) >= 11 is 0. The van der Waals surface area contributed by atoms with E-state index >= 15 is 0 Å². The smallest absolute Gasteiger partial charge is 0.136 e. The van der Waals surface area contributed by atoms with Crippen LogP contribution in [0.25, 0.3) is 137 Å². The van der Waals surface area contributed by atoms with E-state index in [1.54, 1.807) is 0 Å². The Kier molecular flexibility index (Phi) is 8.02. The predicted molar refractivity (Wildman–Crippen MR) is 280 cm³/mol. The highest BCUT2D eigenvalue weighted by atomic mass is 16.3. The molecular formula is C64H39NO. The monoisotopic (exact) mass is 837 g/mol. The zero-order valence-corrected chi connectivity index (χ0v) is 35.9. The number of aromatic nitrogens is 1. The van der Waals surface area contributed by atoms with E-state index in [1.807, 2.05) is 0 Å². The third-order valence-electron chi connectivity index (χ3n) is 14.0. The lowest BCUT2D eigenvalue weighted by Gasteiger charge is -2.20. The molecule has 0 spiro atoms. The number of furan rings is 1. The molecule has 0 saturated heterocycles. The molecule has 0 aliphatic carbocycles. The van der Waals surface area contributed by atoms with Gasteiger partial charge in [-0.25, -0.2) is 0 Å². The lowest BCUT2D eigenvalue weighted by Crippen LogP contribution is -1.99. The van der Waals surface area contributed by atoms with E-state index < -0.39 is 0 Å². The highest BCUT2D eigenvalue weighted by Gasteiger charge is 2.25. The van der Waals surface area contributed by atoms with E-state index in [2.05, 4.69) is 241 Å². The Morgan fingerprint density at radius 3 is 1.20 bits per heavy atom. The normalized spacial score (nSPS) is 11.9. The second-order valence-electron chi connectivity index (χ2n) is 17.4. The van der Waals surface area contributed by atoms with E-state index in [0.29, 0.717) is 0 Å². The van der Waals surface area contributed by atoms with Crippen molar-refractivity contribution in [3.05, 3.63) is 237 Å². The third-order valence-corrected chi connectivity index (χ3v) is 14.0. The van der Waals surface area contributed by atoms with Crippen molar-refractivity contribution in [2.24, 2.45) is 0 Å². The van der Waals surface area contributed by atoms with Crippen molar-refractivity contribution >= 4 is 86.8 Å². The summed E-state index contributed by atoms with van der Waals surface area (Å²) in [5.41, 5.74) is 14.9. The molecule has 0 aliphatic rings. The first-order chi connectivity index (χ1) is 32.8. The van der Waals surface area contributed by atoms with Crippen molar-refractivity contribution in [1.82, 2.24) is 4.57 Å². The summed E-state index contributed by atoms with van der Waals surface area (Å²) in [6.45, 7) is 0. The van der Waals surface area contributed by atoms with Crippen LogP contribution in [0, 0.1) is 0 Å². The number of hydrogen-bond acceptors (Lipinski definition) is 1. The highest BCUT2D eigenvalue weighted by Crippen LogP contribution is 2.51. The molecule has 0 unspecified atom stereocenters. The molecule has 2 nitrogen and oxygen atoms in total. The fourth-order valence-electron chi connectivity index (χ4n) is 11.3. The van der Waals surface area contributed by atoms with Gasteiger partial charge in [0.05, 0.1) is 16.7 Å². The second-order valence-corrected chi connectivity index (χ2v) is 17.4. The topological polar surface area (TPSA) is 18.1 Å².